The summed E-state index contributed by atoms with van der Waals surface area (Å²) in [5, 5.41) is 6.60. The van der Waals surface area contributed by atoms with Crippen molar-refractivity contribution in [2.75, 3.05) is 17.2 Å². The first kappa shape index (κ1) is 15.8. The molecule has 4 nitrogen and oxygen atoms in total. The fourth-order valence-electron chi connectivity index (χ4n) is 1.78. The number of nitrogens with one attached hydrogen (secondary N) is 2. The Morgan fingerprint density at radius 1 is 1.33 bits per heavy atom. The molecule has 0 saturated carbocycles. The molecule has 0 aliphatic rings. The Morgan fingerprint density at radius 3 is 2.90 bits per heavy atom. The number of nitrogens with zero attached hydrogens (tertiary/aromatic N) is 1. The van der Waals surface area contributed by atoms with Crippen molar-refractivity contribution >= 4 is 44.8 Å². The van der Waals surface area contributed by atoms with E-state index >= 15 is 0 Å². The van der Waals surface area contributed by atoms with Crippen molar-refractivity contribution in [1.29, 1.82) is 0 Å². The monoisotopic (exact) mass is 367 g/mol. The molecule has 0 fully saturated rings. The van der Waals surface area contributed by atoms with Crippen molar-refractivity contribution < 1.29 is 4.79 Å². The maximum atomic E-state index is 12.4. The zero-order valence-electron chi connectivity index (χ0n) is 11.5. The summed E-state index contributed by atoms with van der Waals surface area (Å²) in [6, 6.07) is 6.93. The van der Waals surface area contributed by atoms with Crippen LogP contribution in [0, 0.1) is 0 Å². The summed E-state index contributed by atoms with van der Waals surface area (Å²) in [6.45, 7) is 2.85. The number of anilines is 2. The fraction of sp³-hybridized carbons (Fsp3) is 0.200. The third-order valence-corrected chi connectivity index (χ3v) is 3.73. The molecule has 0 aliphatic heterocycles. The number of pyridine rings is 1. The molecule has 0 spiro atoms. The second-order valence-electron chi connectivity index (χ2n) is 4.43. The lowest BCUT2D eigenvalue weighted by Crippen LogP contribution is -2.15. The molecule has 110 valence electrons. The minimum Gasteiger partial charge on any atom is -0.383 e. The average molecular weight is 369 g/mol. The van der Waals surface area contributed by atoms with Gasteiger partial charge in [-0.15, -0.1) is 0 Å². The molecule has 0 unspecified atom stereocenters. The number of carbonyl (C=O) groups excluding carboxylic acids is 1. The summed E-state index contributed by atoms with van der Waals surface area (Å²) in [5.74, 6) is -0.209. The van der Waals surface area contributed by atoms with Crippen molar-refractivity contribution in [1.82, 2.24) is 4.98 Å². The van der Waals surface area contributed by atoms with Gasteiger partial charge in [-0.25, -0.2) is 0 Å². The van der Waals surface area contributed by atoms with Gasteiger partial charge < -0.3 is 10.6 Å². The van der Waals surface area contributed by atoms with Crippen LogP contribution < -0.4 is 10.6 Å². The molecule has 1 aromatic heterocycles. The van der Waals surface area contributed by atoms with Crippen LogP contribution in [-0.2, 0) is 0 Å². The standard InChI is InChI=1S/C15H15BrClN3O/c1-2-6-19-14-9-18-7-5-11(14)15(21)20-13-8-10(17)3-4-12(13)16/h3-5,7-9,19H,2,6H2,1H3,(H,20,21). The van der Waals surface area contributed by atoms with Crippen LogP contribution in [0.3, 0.4) is 0 Å². The molecule has 2 rings (SSSR count). The van der Waals surface area contributed by atoms with Crippen molar-refractivity contribution in [3.8, 4) is 0 Å². The summed E-state index contributed by atoms with van der Waals surface area (Å²) < 4.78 is 0.775. The Labute approximate surface area is 137 Å². The summed E-state index contributed by atoms with van der Waals surface area (Å²) in [5.41, 5.74) is 1.89. The Hall–Kier alpha value is -1.59. The Kier molecular flexibility index (Phi) is 5.59. The Bertz CT molecular complexity index is 649. The van der Waals surface area contributed by atoms with Crippen LogP contribution in [-0.4, -0.2) is 17.4 Å². The fourth-order valence-corrected chi connectivity index (χ4v) is 2.29. The molecule has 2 N–H and O–H groups in total. The lowest BCUT2D eigenvalue weighted by Gasteiger charge is -2.12. The first-order valence-corrected chi connectivity index (χ1v) is 7.73. The van der Waals surface area contributed by atoms with Gasteiger partial charge in [0.05, 0.1) is 23.1 Å². The van der Waals surface area contributed by atoms with Gasteiger partial charge in [0.1, 0.15) is 0 Å². The van der Waals surface area contributed by atoms with Crippen LogP contribution >= 0.6 is 27.5 Å². The zero-order chi connectivity index (χ0) is 15.2. The normalized spacial score (nSPS) is 10.2. The van der Waals surface area contributed by atoms with E-state index in [0.717, 1.165) is 23.1 Å². The molecule has 0 radical (unpaired) electrons. The smallest absolute Gasteiger partial charge is 0.257 e. The quantitative estimate of drug-likeness (QED) is 0.812. The van der Waals surface area contributed by atoms with E-state index in [9.17, 15) is 4.79 Å². The number of carbonyl (C=O) groups is 1. The molecule has 0 atom stereocenters. The molecule has 1 amide bonds. The van der Waals surface area contributed by atoms with E-state index in [1.165, 1.54) is 0 Å². The minimum absolute atomic E-state index is 0.209. The minimum atomic E-state index is -0.209. The van der Waals surface area contributed by atoms with Gasteiger partial charge in [0.15, 0.2) is 0 Å². The highest BCUT2D eigenvalue weighted by molar-refractivity contribution is 9.10. The molecule has 0 aliphatic carbocycles. The molecule has 0 saturated heterocycles. The summed E-state index contributed by atoms with van der Waals surface area (Å²) >= 11 is 9.34. The maximum absolute atomic E-state index is 12.4. The molecule has 0 bridgehead atoms. The lowest BCUT2D eigenvalue weighted by molar-refractivity contribution is 0.102. The summed E-state index contributed by atoms with van der Waals surface area (Å²) in [4.78, 5) is 16.5. The molecule has 21 heavy (non-hydrogen) atoms. The third kappa shape index (κ3) is 4.19. The molecule has 1 heterocycles. The zero-order valence-corrected chi connectivity index (χ0v) is 13.8. The largest absolute Gasteiger partial charge is 0.383 e. The third-order valence-electron chi connectivity index (χ3n) is 2.81. The molecular weight excluding hydrogens is 354 g/mol. The van der Waals surface area contributed by atoms with Gasteiger partial charge >= 0.3 is 0 Å². The highest BCUT2D eigenvalue weighted by atomic mass is 79.9. The van der Waals surface area contributed by atoms with E-state index in [4.69, 9.17) is 11.6 Å². The van der Waals surface area contributed by atoms with Gasteiger partial charge in [-0.3, -0.25) is 9.78 Å². The van der Waals surface area contributed by atoms with E-state index in [2.05, 4.69) is 38.5 Å². The van der Waals surface area contributed by atoms with Crippen LogP contribution in [0.15, 0.2) is 41.1 Å². The van der Waals surface area contributed by atoms with Crippen molar-refractivity contribution in [3.63, 3.8) is 0 Å². The highest BCUT2D eigenvalue weighted by Gasteiger charge is 2.13. The van der Waals surface area contributed by atoms with E-state index < -0.39 is 0 Å². The highest BCUT2D eigenvalue weighted by Crippen LogP contribution is 2.27. The predicted molar refractivity (Wildman–Crippen MR) is 90.1 cm³/mol. The predicted octanol–water partition coefficient (Wildman–Crippen LogP) is 4.57. The van der Waals surface area contributed by atoms with Crippen LogP contribution in [0.2, 0.25) is 5.02 Å². The first-order valence-electron chi connectivity index (χ1n) is 6.56. The Balaban J connectivity index is 2.22. The lowest BCUT2D eigenvalue weighted by atomic mass is 10.2. The van der Waals surface area contributed by atoms with Crippen molar-refractivity contribution in [2.24, 2.45) is 0 Å². The first-order chi connectivity index (χ1) is 10.1. The van der Waals surface area contributed by atoms with Gasteiger partial charge in [0.25, 0.3) is 5.91 Å². The second kappa shape index (κ2) is 7.43. The number of hydrogen-bond donors (Lipinski definition) is 2. The van der Waals surface area contributed by atoms with Gasteiger partial charge in [-0.05, 0) is 46.6 Å². The topological polar surface area (TPSA) is 54.0 Å². The number of rotatable bonds is 5. The molecule has 1 aromatic carbocycles. The van der Waals surface area contributed by atoms with E-state index in [1.807, 2.05) is 0 Å². The van der Waals surface area contributed by atoms with Crippen LogP contribution in [0.1, 0.15) is 23.7 Å². The SMILES string of the molecule is CCCNc1cnccc1C(=O)Nc1cc(Cl)ccc1Br. The molecule has 2 aromatic rings. The van der Waals surface area contributed by atoms with E-state index in [1.54, 1.807) is 36.7 Å². The van der Waals surface area contributed by atoms with Crippen molar-refractivity contribution in [2.45, 2.75) is 13.3 Å². The molecular formula is C15H15BrClN3O. The van der Waals surface area contributed by atoms with Crippen LogP contribution in [0.4, 0.5) is 11.4 Å². The number of hydrogen-bond acceptors (Lipinski definition) is 3. The van der Waals surface area contributed by atoms with E-state index in [0.29, 0.717) is 16.3 Å². The number of halogens is 2. The number of amides is 1. The van der Waals surface area contributed by atoms with Crippen molar-refractivity contribution in [3.05, 3.63) is 51.7 Å². The molecule has 6 heteroatoms. The van der Waals surface area contributed by atoms with E-state index in [-0.39, 0.29) is 5.91 Å². The summed E-state index contributed by atoms with van der Waals surface area (Å²) in [6.07, 6.45) is 4.21. The van der Waals surface area contributed by atoms with Crippen LogP contribution in [0.5, 0.6) is 0 Å². The average Bonchev–Trinajstić information content (AvgIpc) is 2.49. The Morgan fingerprint density at radius 2 is 2.14 bits per heavy atom. The second-order valence-corrected chi connectivity index (χ2v) is 5.72. The number of benzene rings is 1. The summed E-state index contributed by atoms with van der Waals surface area (Å²) in [7, 11) is 0. The van der Waals surface area contributed by atoms with Gasteiger partial charge in [-0.1, -0.05) is 18.5 Å². The maximum Gasteiger partial charge on any atom is 0.257 e. The van der Waals surface area contributed by atoms with Gasteiger partial charge in [0.2, 0.25) is 0 Å². The van der Waals surface area contributed by atoms with Gasteiger partial charge in [0, 0.05) is 22.2 Å². The number of aromatic nitrogens is 1. The van der Waals surface area contributed by atoms with Gasteiger partial charge in [-0.2, -0.15) is 0 Å². The van der Waals surface area contributed by atoms with Crippen LogP contribution in [0.25, 0.3) is 0 Å².